The molecule has 0 aliphatic carbocycles. The number of likely N-dealkylation sites (tertiary alicyclic amines) is 1. The van der Waals surface area contributed by atoms with Crippen molar-refractivity contribution in [1.82, 2.24) is 35.2 Å². The minimum atomic E-state index is 0. The Morgan fingerprint density at radius 1 is 1.19 bits per heavy atom. The molecule has 0 bridgehead atoms. The van der Waals surface area contributed by atoms with Gasteiger partial charge in [-0.15, -0.1) is 24.0 Å². The highest BCUT2D eigenvalue weighted by atomic mass is 127. The average Bonchev–Trinajstić information content (AvgIpc) is 3.54. The standard InChI is InChI=1S/C20H30N8O2.HI/c1-21-20(22-7-6-17-23-19(25-24-17)16-5-4-14-30-16)28-12-10-26(11-13-28)15-18(29)27-8-2-3-9-27;/h4-5,14H,2-3,6-13,15H2,1H3,(H,21,22)(H,23,24,25);1H. The van der Waals surface area contributed by atoms with E-state index in [1.54, 1.807) is 13.3 Å². The number of carbonyl (C=O) groups excluding carboxylic acids is 1. The van der Waals surface area contributed by atoms with Gasteiger partial charge in [0.25, 0.3) is 0 Å². The summed E-state index contributed by atoms with van der Waals surface area (Å²) in [5, 5.41) is 10.6. The molecule has 2 saturated heterocycles. The van der Waals surface area contributed by atoms with E-state index in [0.717, 1.165) is 63.9 Å². The van der Waals surface area contributed by atoms with Gasteiger partial charge in [0.05, 0.1) is 12.8 Å². The first-order chi connectivity index (χ1) is 14.7. The third kappa shape index (κ3) is 6.19. The van der Waals surface area contributed by atoms with Crippen molar-refractivity contribution in [2.24, 2.45) is 4.99 Å². The molecule has 2 fully saturated rings. The molecular weight excluding hydrogens is 511 g/mol. The highest BCUT2D eigenvalue weighted by molar-refractivity contribution is 14.0. The van der Waals surface area contributed by atoms with Crippen molar-refractivity contribution < 1.29 is 9.21 Å². The second kappa shape index (κ2) is 11.5. The zero-order chi connectivity index (χ0) is 20.8. The van der Waals surface area contributed by atoms with Crippen LogP contribution in [0.2, 0.25) is 0 Å². The predicted octanol–water partition coefficient (Wildman–Crippen LogP) is 1.04. The molecule has 2 aromatic heterocycles. The number of aliphatic imine (C=N–C) groups is 1. The molecule has 4 heterocycles. The number of hydrogen-bond acceptors (Lipinski definition) is 6. The maximum atomic E-state index is 12.4. The van der Waals surface area contributed by atoms with Crippen LogP contribution >= 0.6 is 24.0 Å². The molecule has 2 aromatic rings. The molecule has 1 amide bonds. The normalized spacial score (nSPS) is 17.6. The maximum absolute atomic E-state index is 12.4. The highest BCUT2D eigenvalue weighted by Crippen LogP contribution is 2.14. The molecule has 4 rings (SSSR count). The Balaban J connectivity index is 0.00000272. The van der Waals surface area contributed by atoms with Crippen LogP contribution in [0.5, 0.6) is 0 Å². The summed E-state index contributed by atoms with van der Waals surface area (Å²) in [6, 6.07) is 3.66. The summed E-state index contributed by atoms with van der Waals surface area (Å²) in [6.07, 6.45) is 4.59. The fourth-order valence-electron chi connectivity index (χ4n) is 3.92. The van der Waals surface area contributed by atoms with Crippen molar-refractivity contribution in [1.29, 1.82) is 0 Å². The van der Waals surface area contributed by atoms with Crippen molar-refractivity contribution in [3.8, 4) is 11.6 Å². The number of guanidine groups is 1. The molecular formula is C20H31IN8O2. The Kier molecular flexibility index (Phi) is 8.69. The van der Waals surface area contributed by atoms with Gasteiger partial charge in [0.1, 0.15) is 5.82 Å². The molecule has 0 spiro atoms. The van der Waals surface area contributed by atoms with E-state index >= 15 is 0 Å². The molecule has 2 aliphatic rings. The molecule has 2 N–H and O–H groups in total. The van der Waals surface area contributed by atoms with Crippen LogP contribution in [0, 0.1) is 0 Å². The number of amides is 1. The summed E-state index contributed by atoms with van der Waals surface area (Å²) in [4.78, 5) is 27.7. The van der Waals surface area contributed by atoms with Gasteiger partial charge in [-0.3, -0.25) is 19.8 Å². The topological polar surface area (TPSA) is 106 Å². The summed E-state index contributed by atoms with van der Waals surface area (Å²) in [5.41, 5.74) is 0. The van der Waals surface area contributed by atoms with E-state index in [0.29, 0.717) is 31.1 Å². The lowest BCUT2D eigenvalue weighted by atomic mass is 10.3. The lowest BCUT2D eigenvalue weighted by Crippen LogP contribution is -2.54. The number of nitrogens with zero attached hydrogens (tertiary/aromatic N) is 6. The summed E-state index contributed by atoms with van der Waals surface area (Å²) < 4.78 is 5.32. The van der Waals surface area contributed by atoms with Crippen LogP contribution in [-0.4, -0.2) is 101 Å². The monoisotopic (exact) mass is 542 g/mol. The molecule has 0 atom stereocenters. The van der Waals surface area contributed by atoms with E-state index in [9.17, 15) is 4.79 Å². The minimum Gasteiger partial charge on any atom is -0.461 e. The van der Waals surface area contributed by atoms with Gasteiger partial charge in [0.2, 0.25) is 11.7 Å². The van der Waals surface area contributed by atoms with Crippen LogP contribution in [0.3, 0.4) is 0 Å². The number of aromatic nitrogens is 3. The van der Waals surface area contributed by atoms with Crippen LogP contribution in [0.4, 0.5) is 0 Å². The third-order valence-corrected chi connectivity index (χ3v) is 5.62. The molecule has 0 aromatic carbocycles. The van der Waals surface area contributed by atoms with Crippen molar-refractivity contribution in [2.45, 2.75) is 19.3 Å². The van der Waals surface area contributed by atoms with E-state index in [2.05, 4.69) is 35.3 Å². The van der Waals surface area contributed by atoms with E-state index in [4.69, 9.17) is 4.42 Å². The zero-order valence-corrected chi connectivity index (χ0v) is 20.2. The van der Waals surface area contributed by atoms with E-state index in [-0.39, 0.29) is 29.9 Å². The number of piperazine rings is 1. The Hall–Kier alpha value is -2.15. The lowest BCUT2D eigenvalue weighted by Gasteiger charge is -2.36. The molecule has 2 aliphatic heterocycles. The van der Waals surface area contributed by atoms with Gasteiger partial charge >= 0.3 is 0 Å². The van der Waals surface area contributed by atoms with Gasteiger partial charge in [0.15, 0.2) is 11.7 Å². The summed E-state index contributed by atoms with van der Waals surface area (Å²) in [5.74, 6) is 3.17. The smallest absolute Gasteiger partial charge is 0.236 e. The molecule has 31 heavy (non-hydrogen) atoms. The number of rotatable bonds is 6. The van der Waals surface area contributed by atoms with Gasteiger partial charge in [-0.1, -0.05) is 0 Å². The van der Waals surface area contributed by atoms with Crippen LogP contribution in [0.25, 0.3) is 11.6 Å². The van der Waals surface area contributed by atoms with Crippen molar-refractivity contribution >= 4 is 35.8 Å². The second-order valence-corrected chi connectivity index (χ2v) is 7.66. The number of furan rings is 1. The van der Waals surface area contributed by atoms with Gasteiger partial charge in [-0.05, 0) is 25.0 Å². The SMILES string of the molecule is CN=C(NCCc1nc(-c2ccco2)n[nH]1)N1CCN(CC(=O)N2CCCC2)CC1.I. The van der Waals surface area contributed by atoms with Gasteiger partial charge in [-0.2, -0.15) is 5.10 Å². The predicted molar refractivity (Wildman–Crippen MR) is 128 cm³/mol. The molecule has 0 radical (unpaired) electrons. The average molecular weight is 542 g/mol. The number of halogens is 1. The van der Waals surface area contributed by atoms with E-state index in [1.807, 2.05) is 17.0 Å². The Bertz CT molecular complexity index is 839. The van der Waals surface area contributed by atoms with Gasteiger partial charge in [-0.25, -0.2) is 4.98 Å². The first-order valence-electron chi connectivity index (χ1n) is 10.6. The number of nitrogens with one attached hydrogen (secondary N) is 2. The summed E-state index contributed by atoms with van der Waals surface area (Å²) in [7, 11) is 1.80. The number of aromatic amines is 1. The largest absolute Gasteiger partial charge is 0.461 e. The fourth-order valence-corrected chi connectivity index (χ4v) is 3.92. The minimum absolute atomic E-state index is 0. The fraction of sp³-hybridized carbons (Fsp3) is 0.600. The highest BCUT2D eigenvalue weighted by Gasteiger charge is 2.24. The molecule has 0 unspecified atom stereocenters. The molecule has 170 valence electrons. The zero-order valence-electron chi connectivity index (χ0n) is 17.9. The van der Waals surface area contributed by atoms with Crippen molar-refractivity contribution in [2.75, 3.05) is 59.4 Å². The second-order valence-electron chi connectivity index (χ2n) is 7.66. The molecule has 10 nitrogen and oxygen atoms in total. The number of hydrogen-bond donors (Lipinski definition) is 2. The molecule has 11 heteroatoms. The van der Waals surface area contributed by atoms with Crippen molar-refractivity contribution in [3.05, 3.63) is 24.2 Å². The lowest BCUT2D eigenvalue weighted by molar-refractivity contribution is -0.131. The van der Waals surface area contributed by atoms with Gasteiger partial charge in [0, 0.05) is 59.3 Å². The molecule has 0 saturated carbocycles. The Morgan fingerprint density at radius 3 is 2.65 bits per heavy atom. The van der Waals surface area contributed by atoms with E-state index in [1.165, 1.54) is 0 Å². The quantitative estimate of drug-likeness (QED) is 0.319. The number of carbonyl (C=O) groups is 1. The van der Waals surface area contributed by atoms with Crippen LogP contribution in [0.1, 0.15) is 18.7 Å². The van der Waals surface area contributed by atoms with E-state index < -0.39 is 0 Å². The summed E-state index contributed by atoms with van der Waals surface area (Å²) in [6.45, 7) is 6.53. The van der Waals surface area contributed by atoms with Crippen LogP contribution < -0.4 is 5.32 Å². The summed E-state index contributed by atoms with van der Waals surface area (Å²) >= 11 is 0. The van der Waals surface area contributed by atoms with Crippen LogP contribution in [0.15, 0.2) is 27.8 Å². The first kappa shape index (κ1) is 23.5. The number of H-pyrrole nitrogens is 1. The van der Waals surface area contributed by atoms with Crippen molar-refractivity contribution in [3.63, 3.8) is 0 Å². The van der Waals surface area contributed by atoms with Crippen LogP contribution in [-0.2, 0) is 11.2 Å². The Morgan fingerprint density at radius 2 is 1.97 bits per heavy atom. The first-order valence-corrected chi connectivity index (χ1v) is 10.6. The maximum Gasteiger partial charge on any atom is 0.236 e. The van der Waals surface area contributed by atoms with Gasteiger partial charge < -0.3 is 19.5 Å². The Labute approximate surface area is 199 Å². The third-order valence-electron chi connectivity index (χ3n) is 5.62.